The van der Waals surface area contributed by atoms with Crippen LogP contribution in [0, 0.1) is 5.92 Å². The average molecular weight is 393 g/mol. The molecule has 0 aromatic rings. The number of urea groups is 1. The summed E-state index contributed by atoms with van der Waals surface area (Å²) < 4.78 is 4.91. The molecule has 12 heavy (non-hydrogen) atoms. The molecule has 4 nitrogen and oxygen atoms in total. The maximum absolute atomic E-state index is 11.2. The molecule has 2 saturated heterocycles. The number of nitrogens with one attached hydrogen (secondary N) is 1. The lowest BCUT2D eigenvalue weighted by atomic mass is 9.96. The van der Waals surface area contributed by atoms with Crippen molar-refractivity contribution >= 4 is 51.8 Å². The number of fused-ring (bicyclic) bond motifs is 1. The third-order valence-electron chi connectivity index (χ3n) is 2.54. The van der Waals surface area contributed by atoms with E-state index in [1.165, 1.54) is 0 Å². The molecule has 2 aliphatic heterocycles. The number of carbonyl (C=O) groups excluding carboxylic acids is 1. The summed E-state index contributed by atoms with van der Waals surface area (Å²) in [5.74, 6) is 0.718. The molecule has 2 heterocycles. The van der Waals surface area contributed by atoms with Gasteiger partial charge in [-0.3, -0.25) is 3.53 Å². The first-order valence-electron chi connectivity index (χ1n) is 3.80. The summed E-state index contributed by atoms with van der Waals surface area (Å²) in [4.78, 5) is 13.1. The maximum atomic E-state index is 11.2. The van der Waals surface area contributed by atoms with Crippen molar-refractivity contribution < 1.29 is 4.79 Å². The molecule has 2 rings (SSSR count). The van der Waals surface area contributed by atoms with Crippen LogP contribution >= 0.6 is 45.7 Å². The predicted molar refractivity (Wildman–Crippen MR) is 62.1 cm³/mol. The fourth-order valence-electron chi connectivity index (χ4n) is 1.80. The highest BCUT2D eigenvalue weighted by molar-refractivity contribution is 14.1. The Hall–Kier alpha value is 0.690. The van der Waals surface area contributed by atoms with E-state index in [1.807, 2.05) is 27.8 Å². The van der Waals surface area contributed by atoms with Gasteiger partial charge in [-0.05, 0) is 0 Å². The molecule has 2 amide bonds. The van der Waals surface area contributed by atoms with Crippen molar-refractivity contribution in [2.24, 2.45) is 5.92 Å². The van der Waals surface area contributed by atoms with E-state index in [-0.39, 0.29) is 6.03 Å². The van der Waals surface area contributed by atoms with Crippen LogP contribution in [0.25, 0.3) is 0 Å². The molecule has 0 aromatic heterocycles. The van der Waals surface area contributed by atoms with E-state index in [2.05, 4.69) is 29.5 Å². The molecule has 2 atom stereocenters. The largest absolute Gasteiger partial charge is 0.326 e. The molecule has 0 radical (unpaired) electrons. The summed E-state index contributed by atoms with van der Waals surface area (Å²) in [6, 6.07) is 0.661. The van der Waals surface area contributed by atoms with Gasteiger partial charge >= 0.3 is 6.03 Å². The number of hydrogen-bond acceptors (Lipinski definition) is 2. The van der Waals surface area contributed by atoms with Gasteiger partial charge in [0.05, 0.1) is 22.9 Å². The molecule has 2 aliphatic rings. The Morgan fingerprint density at radius 2 is 2.17 bits per heavy atom. The number of likely N-dealkylation sites (tertiary alicyclic amines) is 1. The van der Waals surface area contributed by atoms with Crippen molar-refractivity contribution in [1.29, 1.82) is 0 Å². The minimum atomic E-state index is 0.0507. The number of halogens is 2. The Morgan fingerprint density at radius 1 is 1.42 bits per heavy atom. The Bertz CT molecular complexity index is 213. The Labute approximate surface area is 99.0 Å². The third-order valence-corrected chi connectivity index (χ3v) is 4.11. The summed E-state index contributed by atoms with van der Waals surface area (Å²) in [7, 11) is 0. The van der Waals surface area contributed by atoms with E-state index in [0.717, 1.165) is 25.6 Å². The fraction of sp³-hybridized carbons (Fsp3) is 0.833. The zero-order chi connectivity index (χ0) is 8.72. The Balaban J connectivity index is 1.94. The lowest BCUT2D eigenvalue weighted by Gasteiger charge is -2.38. The summed E-state index contributed by atoms with van der Waals surface area (Å²) in [5.41, 5.74) is 0. The highest BCUT2D eigenvalue weighted by Gasteiger charge is 2.45. The van der Waals surface area contributed by atoms with Gasteiger partial charge in [-0.2, -0.15) is 0 Å². The first-order valence-corrected chi connectivity index (χ1v) is 5.84. The predicted octanol–water partition coefficient (Wildman–Crippen LogP) is 1.01. The van der Waals surface area contributed by atoms with E-state index in [0.29, 0.717) is 6.04 Å². The maximum Gasteiger partial charge on any atom is 0.326 e. The minimum Gasteiger partial charge on any atom is -0.322 e. The number of amides is 2. The van der Waals surface area contributed by atoms with Crippen LogP contribution in [0.1, 0.15) is 0 Å². The molecule has 0 aromatic carbocycles. The molecule has 2 unspecified atom stereocenters. The van der Waals surface area contributed by atoms with Crippen LogP contribution < -0.4 is 3.53 Å². The summed E-state index contributed by atoms with van der Waals surface area (Å²) in [5, 5.41) is 0. The van der Waals surface area contributed by atoms with Crippen LogP contribution in [0.5, 0.6) is 0 Å². The summed E-state index contributed by atoms with van der Waals surface area (Å²) >= 11 is 4.22. The SMILES string of the molecule is O=C(NI)N1CC2CN(I)C2C1. The van der Waals surface area contributed by atoms with Crippen LogP contribution in [0.3, 0.4) is 0 Å². The Kier molecular flexibility index (Phi) is 2.66. The molecule has 0 bridgehead atoms. The van der Waals surface area contributed by atoms with Gasteiger partial charge in [-0.15, -0.1) is 0 Å². The van der Waals surface area contributed by atoms with Crippen molar-refractivity contribution in [3.63, 3.8) is 0 Å². The topological polar surface area (TPSA) is 35.6 Å². The second-order valence-corrected chi connectivity index (χ2v) is 4.99. The third kappa shape index (κ3) is 1.41. The molecule has 0 saturated carbocycles. The minimum absolute atomic E-state index is 0.0507. The standard InChI is InChI=1S/C6H9I2N3O/c7-9-6(12)10-1-4-2-11(8)5(4)3-10/h4-5H,1-3H2,(H,9,12). The number of carbonyl (C=O) groups is 1. The van der Waals surface area contributed by atoms with Gasteiger partial charge in [0, 0.05) is 54.5 Å². The van der Waals surface area contributed by atoms with Crippen LogP contribution in [-0.4, -0.2) is 39.7 Å². The Morgan fingerprint density at radius 3 is 2.67 bits per heavy atom. The number of nitrogens with zero attached hydrogens (tertiary/aromatic N) is 2. The highest BCUT2D eigenvalue weighted by Crippen LogP contribution is 2.34. The van der Waals surface area contributed by atoms with Crippen LogP contribution in [-0.2, 0) is 0 Å². The molecular formula is C6H9I2N3O. The molecule has 6 heteroatoms. The molecule has 1 N–H and O–H groups in total. The number of hydrogen-bond donors (Lipinski definition) is 1. The first-order chi connectivity index (χ1) is 5.72. The van der Waals surface area contributed by atoms with E-state index in [4.69, 9.17) is 0 Å². The van der Waals surface area contributed by atoms with Gasteiger partial charge in [0.2, 0.25) is 0 Å². The van der Waals surface area contributed by atoms with Gasteiger partial charge in [0.1, 0.15) is 0 Å². The van der Waals surface area contributed by atoms with Crippen LogP contribution in [0.2, 0.25) is 0 Å². The smallest absolute Gasteiger partial charge is 0.322 e. The zero-order valence-electron chi connectivity index (χ0n) is 6.33. The molecule has 2 fully saturated rings. The quantitative estimate of drug-likeness (QED) is 0.493. The van der Waals surface area contributed by atoms with Gasteiger partial charge in [0.25, 0.3) is 0 Å². The van der Waals surface area contributed by atoms with E-state index < -0.39 is 0 Å². The molecule has 68 valence electrons. The van der Waals surface area contributed by atoms with E-state index in [1.54, 1.807) is 0 Å². The van der Waals surface area contributed by atoms with Crippen molar-refractivity contribution in [3.05, 3.63) is 0 Å². The lowest BCUT2D eigenvalue weighted by molar-refractivity contribution is 0.188. The number of rotatable bonds is 0. The molecular weight excluding hydrogens is 384 g/mol. The average Bonchev–Trinajstić information content (AvgIpc) is 2.41. The molecule has 0 aliphatic carbocycles. The lowest BCUT2D eigenvalue weighted by Crippen LogP contribution is -2.49. The van der Waals surface area contributed by atoms with Gasteiger partial charge in [-0.25, -0.2) is 7.91 Å². The van der Waals surface area contributed by atoms with Crippen molar-refractivity contribution in [1.82, 2.24) is 11.5 Å². The highest BCUT2D eigenvalue weighted by atomic mass is 127. The van der Waals surface area contributed by atoms with Crippen molar-refractivity contribution in [3.8, 4) is 0 Å². The molecule has 0 spiro atoms. The second-order valence-electron chi connectivity index (χ2n) is 3.21. The van der Waals surface area contributed by atoms with Crippen molar-refractivity contribution in [2.45, 2.75) is 6.04 Å². The van der Waals surface area contributed by atoms with Gasteiger partial charge in [-0.1, -0.05) is 0 Å². The summed E-state index contributed by atoms with van der Waals surface area (Å²) in [6.45, 7) is 2.96. The van der Waals surface area contributed by atoms with Crippen LogP contribution in [0.15, 0.2) is 0 Å². The normalized spacial score (nSPS) is 34.3. The van der Waals surface area contributed by atoms with E-state index >= 15 is 0 Å². The first kappa shape index (κ1) is 9.25. The monoisotopic (exact) mass is 393 g/mol. The van der Waals surface area contributed by atoms with Crippen LogP contribution in [0.4, 0.5) is 4.79 Å². The van der Waals surface area contributed by atoms with Gasteiger partial charge < -0.3 is 4.90 Å². The fourth-order valence-corrected chi connectivity index (χ4v) is 3.28. The van der Waals surface area contributed by atoms with E-state index in [9.17, 15) is 4.79 Å². The second kappa shape index (κ2) is 3.45. The zero-order valence-corrected chi connectivity index (χ0v) is 10.6. The van der Waals surface area contributed by atoms with Crippen molar-refractivity contribution in [2.75, 3.05) is 19.6 Å². The van der Waals surface area contributed by atoms with Gasteiger partial charge in [0.15, 0.2) is 0 Å². The summed E-state index contributed by atoms with van der Waals surface area (Å²) in [6.07, 6.45) is 0.